The summed E-state index contributed by atoms with van der Waals surface area (Å²) in [6, 6.07) is 0. The highest BCUT2D eigenvalue weighted by molar-refractivity contribution is 5.06. The standard InChI is InChI=1S/C17H29N3O/c1-13-8-10-17(18,11-9-13)16-19-15(21-20-16)12-14-6-4-2-3-5-7-14/h13-14H,2-12,18H2,1H3. The molecule has 4 nitrogen and oxygen atoms in total. The minimum atomic E-state index is -0.349. The van der Waals surface area contributed by atoms with E-state index >= 15 is 0 Å². The van der Waals surface area contributed by atoms with E-state index in [9.17, 15) is 0 Å². The third-order valence-electron chi connectivity index (χ3n) is 5.52. The van der Waals surface area contributed by atoms with Gasteiger partial charge in [-0.05, 0) is 50.4 Å². The molecule has 4 heteroatoms. The summed E-state index contributed by atoms with van der Waals surface area (Å²) in [7, 11) is 0. The van der Waals surface area contributed by atoms with E-state index in [1.165, 1.54) is 51.4 Å². The molecule has 2 fully saturated rings. The molecule has 3 rings (SSSR count). The van der Waals surface area contributed by atoms with E-state index in [2.05, 4.69) is 17.1 Å². The molecule has 0 saturated heterocycles. The maximum atomic E-state index is 6.53. The van der Waals surface area contributed by atoms with Gasteiger partial charge in [0.05, 0.1) is 5.54 Å². The Morgan fingerprint density at radius 1 is 1.10 bits per heavy atom. The van der Waals surface area contributed by atoms with Crippen molar-refractivity contribution in [3.8, 4) is 0 Å². The average molecular weight is 291 g/mol. The Balaban J connectivity index is 1.62. The maximum Gasteiger partial charge on any atom is 0.226 e. The minimum absolute atomic E-state index is 0.349. The summed E-state index contributed by atoms with van der Waals surface area (Å²) in [6.07, 6.45) is 13.3. The van der Waals surface area contributed by atoms with E-state index < -0.39 is 0 Å². The van der Waals surface area contributed by atoms with Crippen LogP contribution >= 0.6 is 0 Å². The highest BCUT2D eigenvalue weighted by Crippen LogP contribution is 2.36. The van der Waals surface area contributed by atoms with Crippen LogP contribution in [0.2, 0.25) is 0 Å². The Morgan fingerprint density at radius 2 is 1.76 bits per heavy atom. The molecule has 1 aromatic heterocycles. The molecule has 0 unspecified atom stereocenters. The Bertz CT molecular complexity index is 441. The molecule has 0 spiro atoms. The van der Waals surface area contributed by atoms with Crippen molar-refractivity contribution in [2.75, 3.05) is 0 Å². The van der Waals surface area contributed by atoms with E-state index in [1.807, 2.05) is 0 Å². The van der Waals surface area contributed by atoms with Gasteiger partial charge in [0.1, 0.15) is 0 Å². The van der Waals surface area contributed by atoms with Crippen LogP contribution in [0.5, 0.6) is 0 Å². The lowest BCUT2D eigenvalue weighted by atomic mass is 9.77. The molecular formula is C17H29N3O. The lowest BCUT2D eigenvalue weighted by Gasteiger charge is -2.33. The Hall–Kier alpha value is -0.900. The fourth-order valence-electron chi connectivity index (χ4n) is 3.86. The third kappa shape index (κ3) is 3.65. The molecular weight excluding hydrogens is 262 g/mol. The first-order valence-electron chi connectivity index (χ1n) is 8.78. The Morgan fingerprint density at radius 3 is 2.43 bits per heavy atom. The van der Waals surface area contributed by atoms with Gasteiger partial charge in [0.15, 0.2) is 5.82 Å². The predicted octanol–water partition coefficient (Wildman–Crippen LogP) is 3.95. The summed E-state index contributed by atoms with van der Waals surface area (Å²) in [4.78, 5) is 4.65. The lowest BCUT2D eigenvalue weighted by molar-refractivity contribution is 0.229. The van der Waals surface area contributed by atoms with Crippen molar-refractivity contribution in [1.82, 2.24) is 10.1 Å². The molecule has 0 aromatic carbocycles. The predicted molar refractivity (Wildman–Crippen MR) is 82.7 cm³/mol. The molecule has 0 aliphatic heterocycles. The second-order valence-electron chi connectivity index (χ2n) is 7.41. The van der Waals surface area contributed by atoms with Gasteiger partial charge in [-0.3, -0.25) is 0 Å². The van der Waals surface area contributed by atoms with Crippen LogP contribution < -0.4 is 5.73 Å². The molecule has 21 heavy (non-hydrogen) atoms. The van der Waals surface area contributed by atoms with Crippen molar-refractivity contribution < 1.29 is 4.52 Å². The molecule has 2 saturated carbocycles. The normalized spacial score (nSPS) is 32.0. The SMILES string of the molecule is CC1CCC(N)(c2noc(CC3CCCCCC3)n2)CC1. The largest absolute Gasteiger partial charge is 0.339 e. The summed E-state index contributed by atoms with van der Waals surface area (Å²) in [5.41, 5.74) is 6.18. The molecule has 0 radical (unpaired) electrons. The number of rotatable bonds is 3. The first-order valence-corrected chi connectivity index (χ1v) is 8.78. The first-order chi connectivity index (χ1) is 10.2. The fourth-order valence-corrected chi connectivity index (χ4v) is 3.86. The van der Waals surface area contributed by atoms with Gasteiger partial charge in [-0.2, -0.15) is 4.98 Å². The second kappa shape index (κ2) is 6.47. The molecule has 0 amide bonds. The average Bonchev–Trinajstić information content (AvgIpc) is 2.80. The van der Waals surface area contributed by atoms with Crippen molar-refractivity contribution in [2.24, 2.45) is 17.6 Å². The number of hydrogen-bond donors (Lipinski definition) is 1. The zero-order valence-electron chi connectivity index (χ0n) is 13.3. The van der Waals surface area contributed by atoms with Crippen LogP contribution in [0.4, 0.5) is 0 Å². The van der Waals surface area contributed by atoms with E-state index in [-0.39, 0.29) is 5.54 Å². The third-order valence-corrected chi connectivity index (χ3v) is 5.52. The van der Waals surface area contributed by atoms with Crippen LogP contribution in [0.25, 0.3) is 0 Å². The van der Waals surface area contributed by atoms with E-state index in [0.29, 0.717) is 0 Å². The van der Waals surface area contributed by atoms with Crippen molar-refractivity contribution in [3.63, 3.8) is 0 Å². The highest BCUT2D eigenvalue weighted by atomic mass is 16.5. The lowest BCUT2D eigenvalue weighted by Crippen LogP contribution is -2.41. The molecule has 118 valence electrons. The molecule has 2 aliphatic carbocycles. The van der Waals surface area contributed by atoms with Gasteiger partial charge in [-0.25, -0.2) is 0 Å². The van der Waals surface area contributed by atoms with E-state index in [0.717, 1.165) is 42.8 Å². The summed E-state index contributed by atoms with van der Waals surface area (Å²) in [5, 5.41) is 4.21. The molecule has 0 atom stereocenters. The van der Waals surface area contributed by atoms with Gasteiger partial charge in [0.2, 0.25) is 5.89 Å². The molecule has 2 aliphatic rings. The van der Waals surface area contributed by atoms with E-state index in [1.54, 1.807) is 0 Å². The smallest absolute Gasteiger partial charge is 0.226 e. The zero-order chi connectivity index (χ0) is 14.7. The fraction of sp³-hybridized carbons (Fsp3) is 0.882. The van der Waals surface area contributed by atoms with E-state index in [4.69, 9.17) is 10.3 Å². The van der Waals surface area contributed by atoms with Crippen LogP contribution in [-0.2, 0) is 12.0 Å². The van der Waals surface area contributed by atoms with Crippen LogP contribution in [0.15, 0.2) is 4.52 Å². The second-order valence-corrected chi connectivity index (χ2v) is 7.41. The number of nitrogens with zero attached hydrogens (tertiary/aromatic N) is 2. The quantitative estimate of drug-likeness (QED) is 0.856. The summed E-state index contributed by atoms with van der Waals surface area (Å²) in [6.45, 7) is 2.30. The van der Waals surface area contributed by atoms with Crippen LogP contribution in [0.3, 0.4) is 0 Å². The van der Waals surface area contributed by atoms with Gasteiger partial charge in [-0.1, -0.05) is 37.8 Å². The number of nitrogens with two attached hydrogens (primary N) is 1. The Labute approximate surface area is 127 Å². The molecule has 1 aromatic rings. The minimum Gasteiger partial charge on any atom is -0.339 e. The summed E-state index contributed by atoms with van der Waals surface area (Å²) in [5.74, 6) is 3.05. The molecule has 0 bridgehead atoms. The van der Waals surface area contributed by atoms with Crippen molar-refractivity contribution in [3.05, 3.63) is 11.7 Å². The molecule has 2 N–H and O–H groups in total. The summed E-state index contributed by atoms with van der Waals surface area (Å²) >= 11 is 0. The first kappa shape index (κ1) is 15.0. The number of aromatic nitrogens is 2. The monoisotopic (exact) mass is 291 g/mol. The van der Waals surface area contributed by atoms with Crippen LogP contribution in [0, 0.1) is 11.8 Å². The van der Waals surface area contributed by atoms with Gasteiger partial charge < -0.3 is 10.3 Å². The number of hydrogen-bond acceptors (Lipinski definition) is 4. The van der Waals surface area contributed by atoms with Crippen molar-refractivity contribution in [1.29, 1.82) is 0 Å². The summed E-state index contributed by atoms with van der Waals surface area (Å²) < 4.78 is 5.51. The zero-order valence-corrected chi connectivity index (χ0v) is 13.3. The maximum absolute atomic E-state index is 6.53. The van der Waals surface area contributed by atoms with Gasteiger partial charge in [-0.15, -0.1) is 0 Å². The van der Waals surface area contributed by atoms with Crippen molar-refractivity contribution in [2.45, 2.75) is 83.1 Å². The topological polar surface area (TPSA) is 64.9 Å². The highest BCUT2D eigenvalue weighted by Gasteiger charge is 2.36. The van der Waals surface area contributed by atoms with Crippen LogP contribution in [0.1, 0.15) is 82.8 Å². The molecule has 1 heterocycles. The van der Waals surface area contributed by atoms with Gasteiger partial charge in [0.25, 0.3) is 0 Å². The van der Waals surface area contributed by atoms with Gasteiger partial charge in [0, 0.05) is 6.42 Å². The Kier molecular flexibility index (Phi) is 4.63. The van der Waals surface area contributed by atoms with Crippen molar-refractivity contribution >= 4 is 0 Å². The van der Waals surface area contributed by atoms with Crippen LogP contribution in [-0.4, -0.2) is 10.1 Å². The van der Waals surface area contributed by atoms with Gasteiger partial charge >= 0.3 is 0 Å².